The number of carboxylic acid groups (broad SMARTS) is 1. The first kappa shape index (κ1) is 40.8. The molecule has 0 bridgehead atoms. The second-order valence-corrected chi connectivity index (χ2v) is 17.7. The summed E-state index contributed by atoms with van der Waals surface area (Å²) in [6.07, 6.45) is 2.19. The molecule has 3 aromatic heterocycles. The quantitative estimate of drug-likeness (QED) is 0.103. The number of hydrogen-bond donors (Lipinski definition) is 2. The first-order chi connectivity index (χ1) is 27.7. The van der Waals surface area contributed by atoms with Crippen LogP contribution in [0.15, 0.2) is 42.5 Å². The van der Waals surface area contributed by atoms with Crippen molar-refractivity contribution in [2.45, 2.75) is 84.9 Å². The molecule has 0 saturated carbocycles. The zero-order chi connectivity index (χ0) is 41.1. The highest BCUT2D eigenvalue weighted by atomic mass is 32.1. The number of rotatable bonds is 10. The highest BCUT2D eigenvalue weighted by molar-refractivity contribution is 7.22. The van der Waals surface area contributed by atoms with Crippen molar-refractivity contribution in [1.82, 2.24) is 30.0 Å². The molecule has 2 aromatic carbocycles. The Morgan fingerprint density at radius 3 is 2.57 bits per heavy atom. The number of hydrogen-bond acceptors (Lipinski definition) is 13. The summed E-state index contributed by atoms with van der Waals surface area (Å²) in [5.41, 5.74) is 2.88. The van der Waals surface area contributed by atoms with Gasteiger partial charge in [-0.3, -0.25) is 4.90 Å². The van der Waals surface area contributed by atoms with Gasteiger partial charge < -0.3 is 29.7 Å². The molecule has 0 unspecified atom stereocenters. The summed E-state index contributed by atoms with van der Waals surface area (Å²) in [6, 6.07) is 12.5. The van der Waals surface area contributed by atoms with Gasteiger partial charge in [0.15, 0.2) is 39.2 Å². The summed E-state index contributed by atoms with van der Waals surface area (Å²) < 4.78 is 27.5. The Labute approximate surface area is 345 Å². The van der Waals surface area contributed by atoms with Crippen LogP contribution in [-0.2, 0) is 17.6 Å². The Balaban J connectivity index is 0.933. The number of halogens is 1. The molecule has 304 valence electrons. The molecule has 1 amide bonds. The topological polar surface area (TPSA) is 146 Å². The number of amides is 1. The maximum atomic E-state index is 15.1. The second kappa shape index (κ2) is 17.2. The third-order valence-corrected chi connectivity index (χ3v) is 12.0. The van der Waals surface area contributed by atoms with Crippen molar-refractivity contribution < 1.29 is 28.6 Å². The molecule has 2 aliphatic heterocycles. The van der Waals surface area contributed by atoms with Crippen molar-refractivity contribution in [2.75, 3.05) is 43.0 Å². The first-order valence-electron chi connectivity index (χ1n) is 19.4. The molecule has 0 spiro atoms. The van der Waals surface area contributed by atoms with Gasteiger partial charge in [-0.2, -0.15) is 0 Å². The van der Waals surface area contributed by atoms with Crippen LogP contribution in [0, 0.1) is 24.6 Å². The Kier molecular flexibility index (Phi) is 12.1. The number of carboxylic acids is 1. The van der Waals surface area contributed by atoms with Gasteiger partial charge in [-0.05, 0) is 97.6 Å². The molecule has 1 fully saturated rings. The minimum atomic E-state index is -1.11. The van der Waals surface area contributed by atoms with Gasteiger partial charge in [-0.15, -0.1) is 21.5 Å². The third kappa shape index (κ3) is 9.33. The lowest BCUT2D eigenvalue weighted by Gasteiger charge is -2.44. The number of carbonyl (C=O) groups is 2. The summed E-state index contributed by atoms with van der Waals surface area (Å²) in [4.78, 5) is 40.7. The van der Waals surface area contributed by atoms with Crippen LogP contribution in [0.4, 0.5) is 31.1 Å². The van der Waals surface area contributed by atoms with Gasteiger partial charge in [0.2, 0.25) is 0 Å². The van der Waals surface area contributed by atoms with E-state index in [1.807, 2.05) is 70.7 Å². The van der Waals surface area contributed by atoms with Gasteiger partial charge in [-0.25, -0.2) is 23.9 Å². The van der Waals surface area contributed by atoms with Crippen LogP contribution in [0.1, 0.15) is 79.5 Å². The molecule has 2 atom stereocenters. The van der Waals surface area contributed by atoms with Crippen LogP contribution >= 0.6 is 22.7 Å². The molecule has 0 aliphatic carbocycles. The number of nitrogens with zero attached hydrogens (tertiary/aromatic N) is 7. The van der Waals surface area contributed by atoms with E-state index in [4.69, 9.17) is 9.47 Å². The average molecular weight is 827 g/mol. The van der Waals surface area contributed by atoms with Gasteiger partial charge >= 0.3 is 12.1 Å². The number of aryl methyl sites for hydroxylation is 1. The zero-order valence-corrected chi connectivity index (χ0v) is 35.1. The molecular formula is C42H47FN8O5S2. The molecule has 2 N–H and O–H groups in total. The molecule has 1 saturated heterocycles. The van der Waals surface area contributed by atoms with Gasteiger partial charge in [-0.1, -0.05) is 35.3 Å². The number of ether oxygens (including phenoxy) is 2. The maximum absolute atomic E-state index is 15.1. The molecule has 5 heterocycles. The van der Waals surface area contributed by atoms with E-state index in [9.17, 15) is 14.7 Å². The largest absolute Gasteiger partial charge is 0.491 e. The van der Waals surface area contributed by atoms with Gasteiger partial charge in [0.05, 0.1) is 23.4 Å². The number of piperazine rings is 1. The van der Waals surface area contributed by atoms with Gasteiger partial charge in [0.25, 0.3) is 0 Å². The Morgan fingerprint density at radius 2 is 1.84 bits per heavy atom. The molecule has 5 aromatic rings. The number of anilines is 4. The molecule has 2 aliphatic rings. The summed E-state index contributed by atoms with van der Waals surface area (Å²) in [6.45, 7) is 14.2. The predicted octanol–water partition coefficient (Wildman–Crippen LogP) is 8.21. The number of para-hydroxylation sites is 1. The number of carbonyl (C=O) groups excluding carboxylic acids is 1. The number of aromatic carboxylic acids is 1. The van der Waals surface area contributed by atoms with Crippen LogP contribution in [-0.4, -0.2) is 97.6 Å². The van der Waals surface area contributed by atoms with Crippen molar-refractivity contribution in [2.24, 2.45) is 0 Å². The first-order valence-corrected chi connectivity index (χ1v) is 21.0. The second-order valence-electron chi connectivity index (χ2n) is 15.6. The van der Waals surface area contributed by atoms with Gasteiger partial charge in [0, 0.05) is 53.3 Å². The van der Waals surface area contributed by atoms with Crippen LogP contribution in [0.3, 0.4) is 0 Å². The summed E-state index contributed by atoms with van der Waals surface area (Å²) in [5.74, 6) is 5.96. The van der Waals surface area contributed by atoms with Gasteiger partial charge in [0.1, 0.15) is 5.60 Å². The van der Waals surface area contributed by atoms with Crippen LogP contribution in [0.25, 0.3) is 10.2 Å². The highest BCUT2D eigenvalue weighted by Crippen LogP contribution is 2.39. The Morgan fingerprint density at radius 1 is 1.07 bits per heavy atom. The molecular weight excluding hydrogens is 780 g/mol. The molecule has 7 rings (SSSR count). The molecule has 13 nitrogen and oxygen atoms in total. The van der Waals surface area contributed by atoms with E-state index in [2.05, 4.69) is 42.2 Å². The summed E-state index contributed by atoms with van der Waals surface area (Å²) in [7, 11) is 0. The van der Waals surface area contributed by atoms with Crippen molar-refractivity contribution in [3.63, 3.8) is 0 Å². The number of fused-ring (bicyclic) bond motifs is 2. The minimum Gasteiger partial charge on any atom is -0.491 e. The number of aromatic nitrogens is 4. The fourth-order valence-corrected chi connectivity index (χ4v) is 9.29. The predicted molar refractivity (Wildman–Crippen MR) is 225 cm³/mol. The number of thiazole rings is 2. The summed E-state index contributed by atoms with van der Waals surface area (Å²) >= 11 is 2.87. The lowest BCUT2D eigenvalue weighted by Crippen LogP contribution is -2.59. The number of benzene rings is 2. The summed E-state index contributed by atoms with van der Waals surface area (Å²) in [5, 5.41) is 23.7. The van der Waals surface area contributed by atoms with Crippen molar-refractivity contribution >= 4 is 66.9 Å². The van der Waals surface area contributed by atoms with E-state index in [1.54, 1.807) is 28.4 Å². The van der Waals surface area contributed by atoms with E-state index in [1.165, 1.54) is 17.4 Å². The Bertz CT molecular complexity index is 2340. The lowest BCUT2D eigenvalue weighted by molar-refractivity contribution is -0.0129. The third-order valence-electron chi connectivity index (χ3n) is 9.90. The maximum Gasteiger partial charge on any atom is 0.410 e. The van der Waals surface area contributed by atoms with E-state index >= 15 is 4.39 Å². The molecule has 0 radical (unpaired) electrons. The molecule has 16 heteroatoms. The monoisotopic (exact) mass is 826 g/mol. The van der Waals surface area contributed by atoms with E-state index < -0.39 is 17.4 Å². The van der Waals surface area contributed by atoms with Crippen LogP contribution in [0.2, 0.25) is 0 Å². The Hall–Kier alpha value is -5.37. The lowest BCUT2D eigenvalue weighted by atomic mass is 10.0. The van der Waals surface area contributed by atoms with Crippen LogP contribution in [0.5, 0.6) is 5.75 Å². The van der Waals surface area contributed by atoms with Crippen molar-refractivity contribution in [3.8, 4) is 17.6 Å². The normalized spacial score (nSPS) is 17.1. The van der Waals surface area contributed by atoms with Crippen molar-refractivity contribution in [3.05, 3.63) is 75.5 Å². The standard InChI is InChI=1S/C42H47FN8O5S2/c1-25-23-49(24-26(2)51(25)41(54)56-42(4,5)6)19-9-12-28-17-18-32(30(43)22-28)55-21-11-16-34-35(38(52)53)45-40(58-34)50-20-10-13-29-27(3)36(47-48-37(29)50)46-39-44-31-14-7-8-15-33(31)57-39/h7-8,14-15,17-18,22,25-26H,10-11,13,16,19-21,23-24H2,1-6H3,(H,52,53)(H,44,46,47)/t25-,26+. The van der Waals surface area contributed by atoms with E-state index in [-0.39, 0.29) is 36.2 Å². The minimum absolute atomic E-state index is 0.00568. The smallest absolute Gasteiger partial charge is 0.410 e. The fourth-order valence-electron chi connectivity index (χ4n) is 7.30. The van der Waals surface area contributed by atoms with E-state index in [0.717, 1.165) is 39.3 Å². The SMILES string of the molecule is Cc1c(Nc2nc3ccccc3s2)nnc2c1CCCN2c1nc(C(=O)O)c(CCCOc2ccc(C#CCN3C[C@@H](C)N(C(=O)OC(C)(C)C)[C@@H](C)C3)cc2F)s1. The fraction of sp³-hybridized carbons (Fsp3) is 0.429. The zero-order valence-electron chi connectivity index (χ0n) is 33.5. The average Bonchev–Trinajstić information content (AvgIpc) is 3.78. The van der Waals surface area contributed by atoms with Crippen molar-refractivity contribution in [1.29, 1.82) is 0 Å². The highest BCUT2D eigenvalue weighted by Gasteiger charge is 2.35. The van der Waals surface area contributed by atoms with Crippen LogP contribution < -0.4 is 15.0 Å². The van der Waals surface area contributed by atoms with E-state index in [0.29, 0.717) is 66.2 Å². The number of nitrogens with one attached hydrogen (secondary N) is 1. The molecule has 58 heavy (non-hydrogen) atoms.